The lowest BCUT2D eigenvalue weighted by molar-refractivity contribution is -0.139. The van der Waals surface area contributed by atoms with Gasteiger partial charge in [0, 0.05) is 22.3 Å². The third-order valence-corrected chi connectivity index (χ3v) is 10.0. The van der Waals surface area contributed by atoms with Crippen LogP contribution in [0.1, 0.15) is 37.5 Å². The summed E-state index contributed by atoms with van der Waals surface area (Å²) in [6, 6.07) is 37.2. The summed E-state index contributed by atoms with van der Waals surface area (Å²) in [5, 5.41) is 8.59. The number of esters is 2. The van der Waals surface area contributed by atoms with E-state index in [-0.39, 0.29) is 37.4 Å². The molecule has 0 radical (unpaired) electrons. The zero-order valence-corrected chi connectivity index (χ0v) is 32.9. The Labute approximate surface area is 341 Å². The first-order chi connectivity index (χ1) is 28.4. The molecule has 0 unspecified atom stereocenters. The monoisotopic (exact) mass is 790 g/mol. The van der Waals surface area contributed by atoms with Gasteiger partial charge in [0.1, 0.15) is 36.2 Å². The fourth-order valence-electron chi connectivity index (χ4n) is 7.17. The number of fused-ring (bicyclic) bond motifs is 6. The number of amides is 2. The molecule has 1 aliphatic rings. The molecule has 0 fully saturated rings. The molecule has 2 N–H and O–H groups in total. The van der Waals surface area contributed by atoms with Gasteiger partial charge in [-0.25, -0.2) is 19.2 Å². The minimum absolute atomic E-state index is 0.0392. The maximum Gasteiger partial charge on any atom is 0.412 e. The molecule has 0 atom stereocenters. The van der Waals surface area contributed by atoms with E-state index in [0.717, 1.165) is 49.4 Å². The summed E-state index contributed by atoms with van der Waals surface area (Å²) in [4.78, 5) is 49.2. The third-order valence-electron chi connectivity index (χ3n) is 10.0. The first-order valence-corrected chi connectivity index (χ1v) is 19.0. The highest BCUT2D eigenvalue weighted by atomic mass is 16.6. The smallest absolute Gasteiger partial charge is 0.412 e. The molecular formula is C48H42N2O9. The number of hydrogen-bond acceptors (Lipinski definition) is 9. The van der Waals surface area contributed by atoms with E-state index in [0.29, 0.717) is 23.0 Å². The Morgan fingerprint density at radius 3 is 1.49 bits per heavy atom. The first-order valence-electron chi connectivity index (χ1n) is 19.0. The Balaban J connectivity index is 1.28. The van der Waals surface area contributed by atoms with Crippen molar-refractivity contribution in [2.45, 2.75) is 26.2 Å². The Morgan fingerprint density at radius 1 is 0.593 bits per heavy atom. The largest absolute Gasteiger partial charge is 0.460 e. The zero-order valence-electron chi connectivity index (χ0n) is 32.9. The van der Waals surface area contributed by atoms with Crippen LogP contribution in [0.15, 0.2) is 140 Å². The van der Waals surface area contributed by atoms with Crippen molar-refractivity contribution >= 4 is 45.7 Å². The number of hydrogen-bond donors (Lipinski definition) is 2. The first kappa shape index (κ1) is 39.8. The number of carbonyl (C=O) groups excluding carboxylic acids is 4. The van der Waals surface area contributed by atoms with Crippen molar-refractivity contribution in [1.82, 2.24) is 10.6 Å². The van der Waals surface area contributed by atoms with Crippen LogP contribution in [0, 0.1) is 0 Å². The van der Waals surface area contributed by atoms with Gasteiger partial charge in [0.25, 0.3) is 0 Å². The third kappa shape index (κ3) is 8.50. The van der Waals surface area contributed by atoms with Crippen LogP contribution in [-0.4, -0.2) is 50.4 Å². The van der Waals surface area contributed by atoms with Crippen molar-refractivity contribution in [3.8, 4) is 34.1 Å². The lowest BCUT2D eigenvalue weighted by Gasteiger charge is -2.40. The normalized spacial score (nSPS) is 12.3. The molecule has 6 aromatic carbocycles. The van der Waals surface area contributed by atoms with Gasteiger partial charge in [0.15, 0.2) is 0 Å². The van der Waals surface area contributed by atoms with Crippen molar-refractivity contribution in [1.29, 1.82) is 0 Å². The Bertz CT molecular complexity index is 2500. The second-order valence-corrected chi connectivity index (χ2v) is 14.3. The molecule has 6 aromatic rings. The molecule has 298 valence electrons. The molecule has 1 heterocycles. The molecule has 0 aromatic heterocycles. The van der Waals surface area contributed by atoms with E-state index in [1.807, 2.05) is 66.7 Å². The SMILES string of the molecule is C=C(C)C(=O)OCCNC(=O)Oc1ccc2ccc3c(c2c1)C(C)(c1ccc(-c2ccccc2)cc1)c1c(ccc2ccc(OC(=O)NCCOC(=O)C(=C)C)cc12)O3. The van der Waals surface area contributed by atoms with E-state index in [9.17, 15) is 19.2 Å². The van der Waals surface area contributed by atoms with Gasteiger partial charge in [0.2, 0.25) is 0 Å². The number of nitrogens with one attached hydrogen (secondary N) is 2. The average Bonchev–Trinajstić information content (AvgIpc) is 3.23. The minimum atomic E-state index is -0.876. The van der Waals surface area contributed by atoms with Crippen LogP contribution in [0.3, 0.4) is 0 Å². The molecular weight excluding hydrogens is 749 g/mol. The number of rotatable bonds is 12. The van der Waals surface area contributed by atoms with Gasteiger partial charge in [-0.3, -0.25) is 0 Å². The fraction of sp³-hybridized carbons (Fsp3) is 0.167. The summed E-state index contributed by atoms with van der Waals surface area (Å²) in [6.45, 7) is 12.4. The maximum absolute atomic E-state index is 12.9. The number of carbonyl (C=O) groups is 4. The van der Waals surface area contributed by atoms with E-state index < -0.39 is 29.5 Å². The molecule has 0 bridgehead atoms. The minimum Gasteiger partial charge on any atom is -0.460 e. The van der Waals surface area contributed by atoms with E-state index in [1.54, 1.807) is 26.0 Å². The zero-order chi connectivity index (χ0) is 41.7. The summed E-state index contributed by atoms with van der Waals surface area (Å²) >= 11 is 0. The van der Waals surface area contributed by atoms with Crippen molar-refractivity contribution < 1.29 is 42.9 Å². The van der Waals surface area contributed by atoms with Crippen molar-refractivity contribution in [3.63, 3.8) is 0 Å². The molecule has 11 nitrogen and oxygen atoms in total. The van der Waals surface area contributed by atoms with Crippen molar-refractivity contribution in [2.24, 2.45) is 0 Å². The van der Waals surface area contributed by atoms with Crippen LogP contribution in [-0.2, 0) is 24.5 Å². The predicted molar refractivity (Wildman–Crippen MR) is 225 cm³/mol. The lowest BCUT2D eigenvalue weighted by atomic mass is 9.66. The number of ether oxygens (including phenoxy) is 5. The molecule has 59 heavy (non-hydrogen) atoms. The van der Waals surface area contributed by atoms with Crippen LogP contribution < -0.4 is 24.8 Å². The van der Waals surface area contributed by atoms with E-state index >= 15 is 0 Å². The van der Waals surface area contributed by atoms with Crippen molar-refractivity contribution in [3.05, 3.63) is 156 Å². The van der Waals surface area contributed by atoms with Crippen LogP contribution >= 0.6 is 0 Å². The summed E-state index contributed by atoms with van der Waals surface area (Å²) in [5.74, 6) is 0.753. The van der Waals surface area contributed by atoms with E-state index in [4.69, 9.17) is 23.7 Å². The van der Waals surface area contributed by atoms with Gasteiger partial charge in [0.05, 0.1) is 18.5 Å². The van der Waals surface area contributed by atoms with Gasteiger partial charge in [-0.2, -0.15) is 0 Å². The number of benzene rings is 6. The van der Waals surface area contributed by atoms with Crippen LogP contribution in [0.25, 0.3) is 32.7 Å². The summed E-state index contributed by atoms with van der Waals surface area (Å²) in [7, 11) is 0. The van der Waals surface area contributed by atoms with Crippen molar-refractivity contribution in [2.75, 3.05) is 26.3 Å². The average molecular weight is 791 g/mol. The Kier molecular flexibility index (Phi) is 11.5. The van der Waals surface area contributed by atoms with Gasteiger partial charge < -0.3 is 34.3 Å². The molecule has 2 amide bonds. The topological polar surface area (TPSA) is 138 Å². The maximum atomic E-state index is 12.9. The molecule has 11 heteroatoms. The standard InChI is InChI=1S/C48H42N2O9/c1-29(2)44(51)55-25-23-49-46(53)57-36-19-13-33-15-21-40-42(38(33)27-36)48(5,35-17-11-32(12-18-35)31-9-7-6-8-10-31)43-39-28-37(20-14-34(39)16-22-41(43)59-40)58-47(54)50-24-26-56-45(52)30(3)4/h6-22,27-28H,1,3,23-26H2,2,4-5H3,(H,49,53)(H,50,54). The van der Waals surface area contributed by atoms with Crippen LogP contribution in [0.4, 0.5) is 9.59 Å². The molecule has 1 aliphatic heterocycles. The van der Waals surface area contributed by atoms with Gasteiger partial charge in [-0.05, 0) is 95.4 Å². The molecule has 0 saturated heterocycles. The van der Waals surface area contributed by atoms with Crippen LogP contribution in [0.2, 0.25) is 0 Å². The summed E-state index contributed by atoms with van der Waals surface area (Å²) in [5.41, 5.74) is 4.43. The van der Waals surface area contributed by atoms with E-state index in [2.05, 4.69) is 67.1 Å². The fourth-order valence-corrected chi connectivity index (χ4v) is 7.17. The highest BCUT2D eigenvalue weighted by Gasteiger charge is 2.42. The van der Waals surface area contributed by atoms with Gasteiger partial charge in [-0.1, -0.05) is 92.0 Å². The molecule has 0 aliphatic carbocycles. The molecule has 7 rings (SSSR count). The molecule has 0 spiro atoms. The van der Waals surface area contributed by atoms with E-state index in [1.165, 1.54) is 0 Å². The highest BCUT2D eigenvalue weighted by Crippen LogP contribution is 2.56. The lowest BCUT2D eigenvalue weighted by Crippen LogP contribution is -2.31. The second kappa shape index (κ2) is 17.0. The summed E-state index contributed by atoms with van der Waals surface area (Å²) < 4.78 is 28.3. The second-order valence-electron chi connectivity index (χ2n) is 14.3. The molecule has 0 saturated carbocycles. The highest BCUT2D eigenvalue weighted by molar-refractivity contribution is 5.98. The quantitative estimate of drug-likeness (QED) is 0.0705. The van der Waals surface area contributed by atoms with Gasteiger partial charge >= 0.3 is 24.1 Å². The van der Waals surface area contributed by atoms with Gasteiger partial charge in [-0.15, -0.1) is 0 Å². The summed E-state index contributed by atoms with van der Waals surface area (Å²) in [6.07, 6.45) is -1.42. The van der Waals surface area contributed by atoms with Crippen LogP contribution in [0.5, 0.6) is 23.0 Å². The Morgan fingerprint density at radius 2 is 1.03 bits per heavy atom. The predicted octanol–water partition coefficient (Wildman–Crippen LogP) is 9.54. The Hall–Kier alpha value is -7.40.